The highest BCUT2D eigenvalue weighted by Crippen LogP contribution is 2.33. The number of ether oxygens (including phenoxy) is 2. The maximum absolute atomic E-state index is 13.5. The maximum atomic E-state index is 13.5. The van der Waals surface area contributed by atoms with Gasteiger partial charge in [-0.1, -0.05) is 29.8 Å². The number of aromatic hydroxyl groups is 1. The molecule has 2 aromatic rings. The molecule has 1 aromatic heterocycles. The third-order valence-electron chi connectivity index (χ3n) is 5.91. The predicted molar refractivity (Wildman–Crippen MR) is 122 cm³/mol. The standard InChI is InChI=1S/C24H33N3O5/c1-5-32-24(30)26-12-10-25(11-13-26)22(19-8-6-17(2)7-9-19)21-20(28)16-18(3)27(23(21)29)14-15-31-4/h6-9,16,22,28H,5,10-15H2,1-4H3/t22-/m1/s1. The van der Waals surface area contributed by atoms with E-state index in [9.17, 15) is 14.7 Å². The first kappa shape index (κ1) is 23.8. The van der Waals surface area contributed by atoms with E-state index in [1.807, 2.05) is 31.2 Å². The lowest BCUT2D eigenvalue weighted by atomic mass is 9.95. The monoisotopic (exact) mass is 443 g/mol. The van der Waals surface area contributed by atoms with E-state index in [1.165, 1.54) is 0 Å². The van der Waals surface area contributed by atoms with Crippen LogP contribution in [0.5, 0.6) is 5.75 Å². The molecule has 0 radical (unpaired) electrons. The third kappa shape index (κ3) is 5.14. The number of hydrogen-bond acceptors (Lipinski definition) is 6. The molecule has 174 valence electrons. The van der Waals surface area contributed by atoms with Crippen molar-refractivity contribution < 1.29 is 19.4 Å². The van der Waals surface area contributed by atoms with E-state index in [0.717, 1.165) is 11.1 Å². The average molecular weight is 444 g/mol. The molecule has 1 atom stereocenters. The van der Waals surface area contributed by atoms with Gasteiger partial charge < -0.3 is 24.0 Å². The summed E-state index contributed by atoms with van der Waals surface area (Å²) >= 11 is 0. The van der Waals surface area contributed by atoms with Crippen molar-refractivity contribution in [3.8, 4) is 5.75 Å². The van der Waals surface area contributed by atoms with Crippen molar-refractivity contribution in [1.29, 1.82) is 0 Å². The number of amides is 1. The first-order chi connectivity index (χ1) is 15.4. The Morgan fingerprint density at radius 2 is 1.78 bits per heavy atom. The molecule has 1 fully saturated rings. The van der Waals surface area contributed by atoms with Gasteiger partial charge in [0.05, 0.1) is 24.8 Å². The smallest absolute Gasteiger partial charge is 0.409 e. The van der Waals surface area contributed by atoms with Crippen molar-refractivity contribution in [2.75, 3.05) is 46.5 Å². The van der Waals surface area contributed by atoms with Crippen molar-refractivity contribution in [1.82, 2.24) is 14.4 Å². The zero-order valence-corrected chi connectivity index (χ0v) is 19.3. The minimum absolute atomic E-state index is 0.0143. The lowest BCUT2D eigenvalue weighted by Crippen LogP contribution is -2.50. The molecule has 2 heterocycles. The van der Waals surface area contributed by atoms with Gasteiger partial charge in [-0.3, -0.25) is 9.69 Å². The van der Waals surface area contributed by atoms with E-state index in [0.29, 0.717) is 57.2 Å². The molecule has 0 unspecified atom stereocenters. The van der Waals surface area contributed by atoms with Crippen LogP contribution in [-0.2, 0) is 16.0 Å². The number of benzene rings is 1. The molecule has 1 N–H and O–H groups in total. The van der Waals surface area contributed by atoms with Crippen LogP contribution in [0.3, 0.4) is 0 Å². The number of rotatable bonds is 7. The first-order valence-corrected chi connectivity index (χ1v) is 11.0. The lowest BCUT2D eigenvalue weighted by Gasteiger charge is -2.39. The molecule has 0 spiro atoms. The number of aryl methyl sites for hydroxylation is 2. The predicted octanol–water partition coefficient (Wildman–Crippen LogP) is 2.68. The van der Waals surface area contributed by atoms with Crippen LogP contribution in [0.2, 0.25) is 0 Å². The highest BCUT2D eigenvalue weighted by atomic mass is 16.6. The number of methoxy groups -OCH3 is 1. The zero-order chi connectivity index (χ0) is 23.3. The summed E-state index contributed by atoms with van der Waals surface area (Å²) < 4.78 is 11.9. The summed E-state index contributed by atoms with van der Waals surface area (Å²) in [4.78, 5) is 29.5. The van der Waals surface area contributed by atoms with Crippen molar-refractivity contribution in [3.63, 3.8) is 0 Å². The molecular weight excluding hydrogens is 410 g/mol. The van der Waals surface area contributed by atoms with Gasteiger partial charge in [0.25, 0.3) is 5.56 Å². The second-order valence-electron chi connectivity index (χ2n) is 8.07. The van der Waals surface area contributed by atoms with E-state index < -0.39 is 6.04 Å². The molecule has 1 amide bonds. The van der Waals surface area contributed by atoms with E-state index in [2.05, 4.69) is 4.90 Å². The summed E-state index contributed by atoms with van der Waals surface area (Å²) in [5.41, 5.74) is 2.85. The van der Waals surface area contributed by atoms with Crippen LogP contribution in [0.15, 0.2) is 35.1 Å². The molecule has 0 saturated carbocycles. The Bertz CT molecular complexity index is 978. The van der Waals surface area contributed by atoms with Gasteiger partial charge in [0, 0.05) is 45.5 Å². The molecule has 1 aliphatic rings. The molecule has 8 heteroatoms. The highest BCUT2D eigenvalue weighted by molar-refractivity contribution is 5.67. The fraction of sp³-hybridized carbons (Fsp3) is 0.500. The van der Waals surface area contributed by atoms with Gasteiger partial charge in [0.15, 0.2) is 0 Å². The number of aromatic nitrogens is 1. The van der Waals surface area contributed by atoms with Crippen LogP contribution in [0.1, 0.15) is 35.3 Å². The Morgan fingerprint density at radius 3 is 2.38 bits per heavy atom. The van der Waals surface area contributed by atoms with Gasteiger partial charge in [0.1, 0.15) is 5.75 Å². The Hall–Kier alpha value is -2.84. The van der Waals surface area contributed by atoms with E-state index in [4.69, 9.17) is 9.47 Å². The number of piperazine rings is 1. The highest BCUT2D eigenvalue weighted by Gasteiger charge is 2.32. The molecule has 32 heavy (non-hydrogen) atoms. The quantitative estimate of drug-likeness (QED) is 0.708. The van der Waals surface area contributed by atoms with Crippen LogP contribution in [0.25, 0.3) is 0 Å². The summed E-state index contributed by atoms with van der Waals surface area (Å²) in [6.45, 7) is 8.85. The number of hydrogen-bond donors (Lipinski definition) is 1. The van der Waals surface area contributed by atoms with Crippen molar-refractivity contribution in [2.24, 2.45) is 0 Å². The van der Waals surface area contributed by atoms with Crippen LogP contribution in [-0.4, -0.2) is 72.1 Å². The molecule has 0 aliphatic carbocycles. The summed E-state index contributed by atoms with van der Waals surface area (Å²) in [5.74, 6) is -0.0143. The molecule has 3 rings (SSSR count). The van der Waals surface area contributed by atoms with Crippen LogP contribution >= 0.6 is 0 Å². The van der Waals surface area contributed by atoms with Gasteiger partial charge in [-0.05, 0) is 32.4 Å². The minimum Gasteiger partial charge on any atom is -0.507 e. The Labute approximate surface area is 189 Å². The summed E-state index contributed by atoms with van der Waals surface area (Å²) in [6, 6.07) is 9.22. The molecule has 0 bridgehead atoms. The molecule has 1 saturated heterocycles. The van der Waals surface area contributed by atoms with Gasteiger partial charge in [-0.2, -0.15) is 0 Å². The van der Waals surface area contributed by atoms with Crippen molar-refractivity contribution in [2.45, 2.75) is 33.4 Å². The van der Waals surface area contributed by atoms with E-state index >= 15 is 0 Å². The summed E-state index contributed by atoms with van der Waals surface area (Å²) in [5, 5.41) is 10.9. The number of pyridine rings is 1. The Kier molecular flexibility index (Phi) is 7.93. The van der Waals surface area contributed by atoms with Crippen LogP contribution in [0, 0.1) is 13.8 Å². The second-order valence-corrected chi connectivity index (χ2v) is 8.07. The molecule has 8 nitrogen and oxygen atoms in total. The largest absolute Gasteiger partial charge is 0.507 e. The fourth-order valence-electron chi connectivity index (χ4n) is 4.17. The van der Waals surface area contributed by atoms with Crippen LogP contribution in [0.4, 0.5) is 4.79 Å². The fourth-order valence-corrected chi connectivity index (χ4v) is 4.17. The number of carbonyl (C=O) groups is 1. The molecular formula is C24H33N3O5. The number of carbonyl (C=O) groups excluding carboxylic acids is 1. The van der Waals surface area contributed by atoms with Gasteiger partial charge in [-0.15, -0.1) is 0 Å². The second kappa shape index (κ2) is 10.7. The normalized spacial score (nSPS) is 15.6. The third-order valence-corrected chi connectivity index (χ3v) is 5.91. The van der Waals surface area contributed by atoms with Crippen molar-refractivity contribution >= 4 is 6.09 Å². The molecule has 1 aliphatic heterocycles. The average Bonchev–Trinajstić information content (AvgIpc) is 2.77. The topological polar surface area (TPSA) is 84.2 Å². The van der Waals surface area contributed by atoms with Gasteiger partial charge in [0.2, 0.25) is 0 Å². The summed E-state index contributed by atoms with van der Waals surface area (Å²) in [7, 11) is 1.60. The van der Waals surface area contributed by atoms with E-state index in [1.54, 1.807) is 36.5 Å². The van der Waals surface area contributed by atoms with Gasteiger partial charge in [-0.25, -0.2) is 4.79 Å². The number of nitrogens with zero attached hydrogens (tertiary/aromatic N) is 3. The zero-order valence-electron chi connectivity index (χ0n) is 19.3. The van der Waals surface area contributed by atoms with E-state index in [-0.39, 0.29) is 17.4 Å². The Balaban J connectivity index is 2.01. The molecule has 1 aromatic carbocycles. The summed E-state index contributed by atoms with van der Waals surface area (Å²) in [6.07, 6.45) is -0.320. The van der Waals surface area contributed by atoms with Crippen molar-refractivity contribution in [3.05, 3.63) is 63.1 Å². The maximum Gasteiger partial charge on any atom is 0.409 e. The minimum atomic E-state index is -0.429. The lowest BCUT2D eigenvalue weighted by molar-refractivity contribution is 0.0709. The Morgan fingerprint density at radius 1 is 1.12 bits per heavy atom. The SMILES string of the molecule is CCOC(=O)N1CCN([C@H](c2ccc(C)cc2)c2c(O)cc(C)n(CCOC)c2=O)CC1. The van der Waals surface area contributed by atoms with Gasteiger partial charge >= 0.3 is 6.09 Å². The van der Waals surface area contributed by atoms with Crippen LogP contribution < -0.4 is 5.56 Å². The first-order valence-electron chi connectivity index (χ1n) is 11.0.